The quantitative estimate of drug-likeness (QED) is 0.925. The van der Waals surface area contributed by atoms with E-state index in [1.807, 2.05) is 25.1 Å². The lowest BCUT2D eigenvalue weighted by Crippen LogP contribution is -2.30. The molecule has 2 rings (SSSR count). The number of halogens is 1. The van der Waals surface area contributed by atoms with Crippen molar-refractivity contribution < 1.29 is 13.9 Å². The molecule has 2 aromatic carbocycles. The van der Waals surface area contributed by atoms with E-state index in [0.29, 0.717) is 11.4 Å². The molecule has 1 atom stereocenters. The fourth-order valence-corrected chi connectivity index (χ4v) is 1.72. The summed E-state index contributed by atoms with van der Waals surface area (Å²) in [5, 5.41) is 2.67. The molecule has 0 aromatic heterocycles. The van der Waals surface area contributed by atoms with Crippen LogP contribution in [0.25, 0.3) is 0 Å². The van der Waals surface area contributed by atoms with Gasteiger partial charge in [0.15, 0.2) is 6.10 Å². The Morgan fingerprint density at radius 3 is 2.55 bits per heavy atom. The lowest BCUT2D eigenvalue weighted by atomic mass is 10.2. The third-order valence-electron chi connectivity index (χ3n) is 2.78. The normalized spacial score (nSPS) is 11.8. The first-order valence-electron chi connectivity index (χ1n) is 6.34. The van der Waals surface area contributed by atoms with Crippen LogP contribution in [0, 0.1) is 12.7 Å². The van der Waals surface area contributed by atoms with Gasteiger partial charge in [0.2, 0.25) is 0 Å². The maximum atomic E-state index is 12.8. The molecule has 2 aromatic rings. The number of ether oxygens (including phenoxy) is 1. The van der Waals surface area contributed by atoms with E-state index in [0.717, 1.165) is 5.56 Å². The summed E-state index contributed by atoms with van der Waals surface area (Å²) in [6.07, 6.45) is -0.637. The number of amides is 1. The highest BCUT2D eigenvalue weighted by molar-refractivity contribution is 5.94. The summed E-state index contributed by atoms with van der Waals surface area (Å²) in [6, 6.07) is 13.1. The van der Waals surface area contributed by atoms with Gasteiger partial charge >= 0.3 is 0 Å². The minimum atomic E-state index is -0.637. The number of hydrogen-bond donors (Lipinski definition) is 1. The highest BCUT2D eigenvalue weighted by Crippen LogP contribution is 2.15. The van der Waals surface area contributed by atoms with E-state index in [1.54, 1.807) is 13.0 Å². The van der Waals surface area contributed by atoms with Gasteiger partial charge in [0.05, 0.1) is 0 Å². The van der Waals surface area contributed by atoms with Crippen molar-refractivity contribution in [2.45, 2.75) is 20.0 Å². The first-order chi connectivity index (χ1) is 9.54. The van der Waals surface area contributed by atoms with Crippen molar-refractivity contribution in [3.63, 3.8) is 0 Å². The lowest BCUT2D eigenvalue weighted by molar-refractivity contribution is -0.122. The molecule has 0 bridgehead atoms. The Bertz CT molecular complexity index is 596. The summed E-state index contributed by atoms with van der Waals surface area (Å²) in [7, 11) is 0. The smallest absolute Gasteiger partial charge is 0.265 e. The van der Waals surface area contributed by atoms with E-state index in [4.69, 9.17) is 4.74 Å². The van der Waals surface area contributed by atoms with Gasteiger partial charge < -0.3 is 10.1 Å². The van der Waals surface area contributed by atoms with Gasteiger partial charge in [-0.15, -0.1) is 0 Å². The molecule has 4 heteroatoms. The van der Waals surface area contributed by atoms with E-state index < -0.39 is 6.10 Å². The summed E-state index contributed by atoms with van der Waals surface area (Å²) in [5.41, 5.74) is 1.60. The van der Waals surface area contributed by atoms with E-state index in [1.165, 1.54) is 24.3 Å². The second-order valence-corrected chi connectivity index (χ2v) is 4.57. The Morgan fingerprint density at radius 1 is 1.20 bits per heavy atom. The number of carbonyl (C=O) groups is 1. The summed E-state index contributed by atoms with van der Waals surface area (Å²) < 4.78 is 18.3. The molecular weight excluding hydrogens is 257 g/mol. The summed E-state index contributed by atoms with van der Waals surface area (Å²) in [4.78, 5) is 12.0. The molecule has 0 spiro atoms. The van der Waals surface area contributed by atoms with Crippen molar-refractivity contribution in [2.24, 2.45) is 0 Å². The zero-order chi connectivity index (χ0) is 14.5. The minimum Gasteiger partial charge on any atom is -0.481 e. The van der Waals surface area contributed by atoms with Gasteiger partial charge in [-0.2, -0.15) is 0 Å². The van der Waals surface area contributed by atoms with Crippen molar-refractivity contribution in [1.29, 1.82) is 0 Å². The Balaban J connectivity index is 1.96. The van der Waals surface area contributed by atoms with Crippen LogP contribution in [-0.2, 0) is 4.79 Å². The van der Waals surface area contributed by atoms with Crippen molar-refractivity contribution in [2.75, 3.05) is 5.32 Å². The predicted octanol–water partition coefficient (Wildman–Crippen LogP) is 3.54. The molecule has 0 radical (unpaired) electrons. The monoisotopic (exact) mass is 273 g/mol. The highest BCUT2D eigenvalue weighted by atomic mass is 19.1. The molecule has 3 nitrogen and oxygen atoms in total. The Hall–Kier alpha value is -2.36. The van der Waals surface area contributed by atoms with Crippen LogP contribution in [0.1, 0.15) is 12.5 Å². The fourth-order valence-electron chi connectivity index (χ4n) is 1.72. The number of carbonyl (C=O) groups excluding carboxylic acids is 1. The molecule has 20 heavy (non-hydrogen) atoms. The molecule has 0 aliphatic rings. The van der Waals surface area contributed by atoms with E-state index in [-0.39, 0.29) is 11.7 Å². The van der Waals surface area contributed by atoms with Gasteiger partial charge in [-0.05, 0) is 55.8 Å². The molecule has 104 valence electrons. The van der Waals surface area contributed by atoms with Gasteiger partial charge in [-0.1, -0.05) is 12.1 Å². The lowest BCUT2D eigenvalue weighted by Gasteiger charge is -2.15. The maximum Gasteiger partial charge on any atom is 0.265 e. The molecule has 1 unspecified atom stereocenters. The van der Waals surface area contributed by atoms with Crippen LogP contribution >= 0.6 is 0 Å². The Morgan fingerprint density at radius 2 is 1.90 bits per heavy atom. The molecule has 1 amide bonds. The largest absolute Gasteiger partial charge is 0.481 e. The Kier molecular flexibility index (Phi) is 4.35. The van der Waals surface area contributed by atoms with E-state index in [2.05, 4.69) is 5.32 Å². The number of aryl methyl sites for hydroxylation is 1. The Labute approximate surface area is 117 Å². The molecule has 0 saturated heterocycles. The average molecular weight is 273 g/mol. The summed E-state index contributed by atoms with van der Waals surface area (Å²) in [6.45, 7) is 3.62. The summed E-state index contributed by atoms with van der Waals surface area (Å²) >= 11 is 0. The van der Waals surface area contributed by atoms with Crippen molar-refractivity contribution in [3.05, 3.63) is 59.9 Å². The van der Waals surface area contributed by atoms with Crippen molar-refractivity contribution >= 4 is 11.6 Å². The molecule has 0 heterocycles. The van der Waals surface area contributed by atoms with E-state index >= 15 is 0 Å². The number of anilines is 1. The van der Waals surface area contributed by atoms with Crippen LogP contribution in [0.5, 0.6) is 5.75 Å². The van der Waals surface area contributed by atoms with Crippen molar-refractivity contribution in [3.8, 4) is 5.75 Å². The fraction of sp³-hybridized carbons (Fsp3) is 0.188. The van der Waals surface area contributed by atoms with Crippen LogP contribution in [0.3, 0.4) is 0 Å². The van der Waals surface area contributed by atoms with Crippen LogP contribution in [-0.4, -0.2) is 12.0 Å². The topological polar surface area (TPSA) is 38.3 Å². The SMILES string of the molecule is Cc1cccc(OC(C)C(=O)Nc2ccc(F)cc2)c1. The van der Waals surface area contributed by atoms with Crippen LogP contribution in [0.2, 0.25) is 0 Å². The maximum absolute atomic E-state index is 12.8. The predicted molar refractivity (Wildman–Crippen MR) is 76.3 cm³/mol. The zero-order valence-corrected chi connectivity index (χ0v) is 11.4. The highest BCUT2D eigenvalue weighted by Gasteiger charge is 2.14. The second kappa shape index (κ2) is 6.19. The molecule has 0 aliphatic carbocycles. The number of hydrogen-bond acceptors (Lipinski definition) is 2. The molecular formula is C16H16FNO2. The number of rotatable bonds is 4. The van der Waals surface area contributed by atoms with Gasteiger partial charge in [-0.25, -0.2) is 4.39 Å². The molecule has 0 aliphatic heterocycles. The molecule has 1 N–H and O–H groups in total. The molecule has 0 fully saturated rings. The van der Waals surface area contributed by atoms with E-state index in [9.17, 15) is 9.18 Å². The van der Waals surface area contributed by atoms with Gasteiger partial charge in [0.25, 0.3) is 5.91 Å². The van der Waals surface area contributed by atoms with Crippen LogP contribution in [0.15, 0.2) is 48.5 Å². The second-order valence-electron chi connectivity index (χ2n) is 4.57. The number of nitrogens with one attached hydrogen (secondary N) is 1. The third kappa shape index (κ3) is 3.82. The molecule has 0 saturated carbocycles. The van der Waals surface area contributed by atoms with Crippen LogP contribution < -0.4 is 10.1 Å². The standard InChI is InChI=1S/C16H16FNO2/c1-11-4-3-5-15(10-11)20-12(2)16(19)18-14-8-6-13(17)7-9-14/h3-10,12H,1-2H3,(H,18,19). The van der Waals surface area contributed by atoms with Crippen molar-refractivity contribution in [1.82, 2.24) is 0 Å². The first kappa shape index (κ1) is 14.1. The summed E-state index contributed by atoms with van der Waals surface area (Å²) in [5.74, 6) is 0.0249. The first-order valence-corrected chi connectivity index (χ1v) is 6.34. The number of benzene rings is 2. The third-order valence-corrected chi connectivity index (χ3v) is 2.78. The zero-order valence-electron chi connectivity index (χ0n) is 11.4. The van der Waals surface area contributed by atoms with Gasteiger partial charge in [0, 0.05) is 5.69 Å². The minimum absolute atomic E-state index is 0.280. The van der Waals surface area contributed by atoms with Gasteiger partial charge in [-0.3, -0.25) is 4.79 Å². The van der Waals surface area contributed by atoms with Crippen LogP contribution in [0.4, 0.5) is 10.1 Å². The average Bonchev–Trinajstić information content (AvgIpc) is 2.41. The van der Waals surface area contributed by atoms with Gasteiger partial charge in [0.1, 0.15) is 11.6 Å².